The number of amidine groups is 1. The molecule has 0 saturated heterocycles. The Kier molecular flexibility index (Phi) is 15.5. The van der Waals surface area contributed by atoms with Gasteiger partial charge in [-0.05, 0) is 67.8 Å². The smallest absolute Gasteiger partial charge is 0.307 e. The summed E-state index contributed by atoms with van der Waals surface area (Å²) in [5, 5.41) is 21.9. The van der Waals surface area contributed by atoms with E-state index in [4.69, 9.17) is 19.6 Å². The first-order valence-electron chi connectivity index (χ1n) is 15.3. The third kappa shape index (κ3) is 13.7. The third-order valence-corrected chi connectivity index (χ3v) is 6.59. The van der Waals surface area contributed by atoms with Crippen LogP contribution in [0.1, 0.15) is 43.1 Å². The second-order valence-electron chi connectivity index (χ2n) is 10.3. The highest BCUT2D eigenvalue weighted by Gasteiger charge is 2.08. The van der Waals surface area contributed by atoms with Crippen LogP contribution in [-0.2, 0) is 20.7 Å². The van der Waals surface area contributed by atoms with E-state index in [2.05, 4.69) is 33.2 Å². The molecule has 11 heteroatoms. The molecule has 0 heterocycles. The molecule has 46 heavy (non-hydrogen) atoms. The molecule has 0 aromatic heterocycles. The van der Waals surface area contributed by atoms with Gasteiger partial charge < -0.3 is 35.8 Å². The van der Waals surface area contributed by atoms with Crippen LogP contribution in [-0.4, -0.2) is 68.3 Å². The monoisotopic (exact) mass is 628 g/mol. The van der Waals surface area contributed by atoms with Crippen molar-refractivity contribution in [3.8, 4) is 0 Å². The molecule has 1 amide bonds. The van der Waals surface area contributed by atoms with Crippen LogP contribution in [0.4, 0.5) is 11.4 Å². The number of nitrogens with zero attached hydrogens (tertiary/aromatic N) is 2. The van der Waals surface area contributed by atoms with Gasteiger partial charge in [0.2, 0.25) is 5.96 Å². The van der Waals surface area contributed by atoms with E-state index in [1.807, 2.05) is 74.5 Å². The Balaban J connectivity index is 1.52. The number of rotatable bonds is 17. The molecule has 3 aromatic carbocycles. The Morgan fingerprint density at radius 3 is 2.07 bits per heavy atom. The first-order valence-corrected chi connectivity index (χ1v) is 15.3. The Morgan fingerprint density at radius 1 is 0.783 bits per heavy atom. The number of benzene rings is 3. The number of guanidine groups is 1. The lowest BCUT2D eigenvalue weighted by molar-refractivity contribution is -0.136. The van der Waals surface area contributed by atoms with E-state index in [0.717, 1.165) is 23.4 Å². The van der Waals surface area contributed by atoms with E-state index in [1.54, 1.807) is 24.3 Å². The van der Waals surface area contributed by atoms with E-state index in [9.17, 15) is 9.59 Å². The Morgan fingerprint density at radius 2 is 1.41 bits per heavy atom. The Labute approximate surface area is 270 Å². The average molecular weight is 629 g/mol. The molecule has 3 aromatic rings. The number of allylic oxidation sites excluding steroid dienone is 1. The number of amides is 1. The maximum atomic E-state index is 12.0. The van der Waals surface area contributed by atoms with Crippen LogP contribution in [0.25, 0.3) is 0 Å². The number of nitrogens with one attached hydrogen (secondary N) is 4. The van der Waals surface area contributed by atoms with Crippen molar-refractivity contribution in [2.24, 2.45) is 9.98 Å². The van der Waals surface area contributed by atoms with E-state index < -0.39 is 5.97 Å². The summed E-state index contributed by atoms with van der Waals surface area (Å²) in [6, 6.07) is 26.0. The van der Waals surface area contributed by atoms with Crippen LogP contribution in [0, 0.1) is 0 Å². The normalized spacial score (nSPS) is 12.2. The van der Waals surface area contributed by atoms with Crippen LogP contribution < -0.4 is 21.3 Å². The second-order valence-corrected chi connectivity index (χ2v) is 10.3. The zero-order valence-corrected chi connectivity index (χ0v) is 26.7. The van der Waals surface area contributed by atoms with Crippen molar-refractivity contribution in [1.82, 2.24) is 10.6 Å². The van der Waals surface area contributed by atoms with Gasteiger partial charge in [-0.2, -0.15) is 4.99 Å². The van der Waals surface area contributed by atoms with Crippen LogP contribution in [0.3, 0.4) is 0 Å². The fourth-order valence-electron chi connectivity index (χ4n) is 4.01. The molecular formula is C35H44N6O5. The van der Waals surface area contributed by atoms with Crippen LogP contribution in [0.15, 0.2) is 106 Å². The predicted octanol–water partition coefficient (Wildman–Crippen LogP) is 5.31. The molecule has 244 valence electrons. The predicted molar refractivity (Wildman–Crippen MR) is 183 cm³/mol. The van der Waals surface area contributed by atoms with Gasteiger partial charge in [0, 0.05) is 23.5 Å². The number of carboxylic acids is 1. The fraction of sp³-hybridized carbons (Fsp3) is 0.314. The average Bonchev–Trinajstić information content (AvgIpc) is 3.06. The number of ether oxygens (including phenoxy) is 2. The van der Waals surface area contributed by atoms with Gasteiger partial charge in [0.05, 0.1) is 45.2 Å². The highest BCUT2D eigenvalue weighted by Crippen LogP contribution is 2.16. The summed E-state index contributed by atoms with van der Waals surface area (Å²) in [5.41, 5.74) is 4.04. The molecule has 0 fully saturated rings. The number of anilines is 2. The SMILES string of the molecule is CC/C(C)=C(/N=C(\NC(C)=NCCOCCOCCNC(=O)c1ccccc1)Nc1ccc(CC(=O)O)cc1)Nc1ccccc1. The van der Waals surface area contributed by atoms with Crippen molar-refractivity contribution in [2.75, 3.05) is 50.2 Å². The van der Waals surface area contributed by atoms with Crippen LogP contribution in [0.5, 0.6) is 0 Å². The first kappa shape index (κ1) is 35.5. The molecule has 0 radical (unpaired) electrons. The maximum absolute atomic E-state index is 12.0. The largest absolute Gasteiger partial charge is 0.481 e. The lowest BCUT2D eigenvalue weighted by atomic mass is 10.1. The maximum Gasteiger partial charge on any atom is 0.307 e. The van der Waals surface area contributed by atoms with Gasteiger partial charge in [-0.1, -0.05) is 55.5 Å². The van der Waals surface area contributed by atoms with Crippen LogP contribution in [0.2, 0.25) is 0 Å². The molecular weight excluding hydrogens is 584 g/mol. The summed E-state index contributed by atoms with van der Waals surface area (Å²) in [6.07, 6.45) is 0.752. The van der Waals surface area contributed by atoms with Gasteiger partial charge in [-0.15, -0.1) is 0 Å². The molecule has 5 N–H and O–H groups in total. The summed E-state index contributed by atoms with van der Waals surface area (Å²) < 4.78 is 11.2. The van der Waals surface area contributed by atoms with Crippen molar-refractivity contribution in [3.05, 3.63) is 107 Å². The minimum absolute atomic E-state index is 0.0456. The first-order chi connectivity index (χ1) is 22.3. The van der Waals surface area contributed by atoms with E-state index >= 15 is 0 Å². The van der Waals surface area contributed by atoms with E-state index in [-0.39, 0.29) is 12.3 Å². The molecule has 0 aliphatic carbocycles. The topological polar surface area (TPSA) is 146 Å². The molecule has 0 saturated carbocycles. The minimum Gasteiger partial charge on any atom is -0.481 e. The highest BCUT2D eigenvalue weighted by molar-refractivity contribution is 6.05. The van der Waals surface area contributed by atoms with Crippen molar-refractivity contribution in [1.29, 1.82) is 0 Å². The number of aliphatic carboxylic acids is 1. The van der Waals surface area contributed by atoms with Crippen molar-refractivity contribution >= 4 is 35.0 Å². The van der Waals surface area contributed by atoms with E-state index in [1.165, 1.54) is 0 Å². The van der Waals surface area contributed by atoms with Gasteiger partial charge in [-0.25, -0.2) is 0 Å². The Hall–Kier alpha value is -5.00. The number of carbonyl (C=O) groups excluding carboxylic acids is 1. The number of para-hydroxylation sites is 1. The number of hydrogen-bond donors (Lipinski definition) is 5. The summed E-state index contributed by atoms with van der Waals surface area (Å²) >= 11 is 0. The second kappa shape index (κ2) is 20.1. The number of aliphatic imine (C=N–C) groups is 2. The van der Waals surface area contributed by atoms with Gasteiger partial charge in [0.1, 0.15) is 5.82 Å². The summed E-state index contributed by atoms with van der Waals surface area (Å²) in [4.78, 5) is 32.6. The number of carboxylic acid groups (broad SMARTS) is 1. The van der Waals surface area contributed by atoms with Crippen molar-refractivity contribution < 1.29 is 24.2 Å². The molecule has 11 nitrogen and oxygen atoms in total. The highest BCUT2D eigenvalue weighted by atomic mass is 16.5. The molecule has 0 aliphatic rings. The number of hydrogen-bond acceptors (Lipinski definition) is 7. The lowest BCUT2D eigenvalue weighted by Gasteiger charge is -2.16. The van der Waals surface area contributed by atoms with E-state index in [0.29, 0.717) is 68.3 Å². The quantitative estimate of drug-likeness (QED) is 0.0769. The number of carbonyl (C=O) groups is 2. The van der Waals surface area contributed by atoms with Crippen molar-refractivity contribution in [2.45, 2.75) is 33.6 Å². The molecule has 3 rings (SSSR count). The summed E-state index contributed by atoms with van der Waals surface area (Å²) in [7, 11) is 0. The standard InChI is InChI=1S/C35H44N6O5/c1-4-26(2)33(39-30-13-9-6-10-14-30)41-35(40-31-17-15-28(16-18-31)25-32(42)43)38-27(3)36-19-21-45-23-24-46-22-20-37-34(44)29-11-7-5-8-12-29/h5-18,39H,4,19-25H2,1-3H3,(H,37,44)(H,42,43)(H2,36,38,40,41)/b33-26+. The van der Waals surface area contributed by atoms with Gasteiger partial charge in [0.25, 0.3) is 5.91 Å². The van der Waals surface area contributed by atoms with Gasteiger partial charge in [0.15, 0.2) is 0 Å². The fourth-order valence-corrected chi connectivity index (χ4v) is 4.01. The van der Waals surface area contributed by atoms with Gasteiger partial charge in [-0.3, -0.25) is 14.6 Å². The minimum atomic E-state index is -0.880. The third-order valence-electron chi connectivity index (χ3n) is 6.59. The van der Waals surface area contributed by atoms with Gasteiger partial charge >= 0.3 is 5.97 Å². The molecule has 0 unspecified atom stereocenters. The lowest BCUT2D eigenvalue weighted by Crippen LogP contribution is -2.35. The van der Waals surface area contributed by atoms with Crippen molar-refractivity contribution in [3.63, 3.8) is 0 Å². The zero-order valence-electron chi connectivity index (χ0n) is 26.7. The summed E-state index contributed by atoms with van der Waals surface area (Å²) in [6.45, 7) is 8.43. The molecule has 0 aliphatic heterocycles. The summed E-state index contributed by atoms with van der Waals surface area (Å²) in [5.74, 6) is 0.777. The molecule has 0 spiro atoms. The van der Waals surface area contributed by atoms with Crippen LogP contribution >= 0.6 is 0 Å². The molecule has 0 atom stereocenters. The molecule has 0 bridgehead atoms. The Bertz CT molecular complexity index is 1460. The zero-order chi connectivity index (χ0) is 33.0.